The molecule has 0 saturated heterocycles. The van der Waals surface area contributed by atoms with Gasteiger partial charge in [0.15, 0.2) is 11.5 Å². The van der Waals surface area contributed by atoms with Gasteiger partial charge in [-0.3, -0.25) is 4.79 Å². The SMILES string of the molecule is CCNc1ccc(OC)c(OC)c1.O=C(O)c1ccc(Br)cc1.O=Cc1cc(C(F)(F)F)cc(C(F)(F)F)c1. The molecule has 0 bridgehead atoms. The summed E-state index contributed by atoms with van der Waals surface area (Å²) in [7, 11) is 3.26. The second-order valence-corrected chi connectivity index (χ2v) is 8.28. The molecule has 6 nitrogen and oxygen atoms in total. The monoisotopic (exact) mass is 623 g/mol. The highest BCUT2D eigenvalue weighted by Crippen LogP contribution is 2.36. The van der Waals surface area contributed by atoms with Gasteiger partial charge in [0.2, 0.25) is 0 Å². The molecule has 2 N–H and O–H groups in total. The van der Waals surface area contributed by atoms with E-state index in [1.165, 1.54) is 0 Å². The summed E-state index contributed by atoms with van der Waals surface area (Å²) in [5.41, 5.74) is -2.31. The number of alkyl halides is 6. The molecule has 0 amide bonds. The standard InChI is InChI=1S/C10H15NO2.C9H4F6O.C7H5BrO2/c1-4-11-8-5-6-9(12-2)10(7-8)13-3;10-8(11,12)6-1-5(4-16)2-7(3-6)9(13,14)15;8-6-3-1-5(2-4-6)7(9)10/h5-7,11H,4H2,1-3H3;1-4H;1-4H,(H,9,10). The number of ether oxygens (including phenoxy) is 2. The number of anilines is 1. The van der Waals surface area contributed by atoms with Crippen LogP contribution in [0.25, 0.3) is 0 Å². The topological polar surface area (TPSA) is 84.9 Å². The van der Waals surface area contributed by atoms with E-state index >= 15 is 0 Å². The molecule has 0 aliphatic rings. The zero-order chi connectivity index (χ0) is 29.8. The molecule has 0 spiro atoms. The summed E-state index contributed by atoms with van der Waals surface area (Å²) in [4.78, 5) is 20.5. The molecular weight excluding hydrogens is 600 g/mol. The van der Waals surface area contributed by atoms with Gasteiger partial charge < -0.3 is 19.9 Å². The summed E-state index contributed by atoms with van der Waals surface area (Å²) < 4.78 is 84.3. The smallest absolute Gasteiger partial charge is 0.416 e. The number of rotatable bonds is 6. The molecule has 0 saturated carbocycles. The van der Waals surface area contributed by atoms with Gasteiger partial charge in [-0.1, -0.05) is 15.9 Å². The predicted octanol–water partition coefficient (Wildman–Crippen LogP) is 7.82. The third kappa shape index (κ3) is 11.3. The van der Waals surface area contributed by atoms with Gasteiger partial charge in [0.1, 0.15) is 6.29 Å². The number of carboxylic acids is 1. The number of aromatic carboxylic acids is 1. The number of carbonyl (C=O) groups excluding carboxylic acids is 1. The van der Waals surface area contributed by atoms with Crippen molar-refractivity contribution < 1.29 is 50.5 Å². The van der Waals surface area contributed by atoms with Crippen molar-refractivity contribution in [2.45, 2.75) is 19.3 Å². The first kappa shape index (κ1) is 33.3. The molecule has 39 heavy (non-hydrogen) atoms. The van der Waals surface area contributed by atoms with Crippen LogP contribution in [0.15, 0.2) is 65.1 Å². The van der Waals surface area contributed by atoms with Crippen molar-refractivity contribution in [1.29, 1.82) is 0 Å². The Labute approximate surface area is 228 Å². The highest BCUT2D eigenvalue weighted by molar-refractivity contribution is 9.10. The van der Waals surface area contributed by atoms with Crippen LogP contribution < -0.4 is 14.8 Å². The van der Waals surface area contributed by atoms with Crippen LogP contribution in [-0.2, 0) is 12.4 Å². The molecule has 3 rings (SSSR count). The van der Waals surface area contributed by atoms with Crippen molar-refractivity contribution in [3.05, 3.63) is 87.4 Å². The summed E-state index contributed by atoms with van der Waals surface area (Å²) in [6, 6.07) is 13.0. The first-order chi connectivity index (χ1) is 18.2. The fourth-order valence-corrected chi connectivity index (χ4v) is 3.05. The Morgan fingerprint density at radius 2 is 1.38 bits per heavy atom. The Morgan fingerprint density at radius 1 is 0.872 bits per heavy atom. The zero-order valence-corrected chi connectivity index (χ0v) is 22.4. The summed E-state index contributed by atoms with van der Waals surface area (Å²) >= 11 is 3.20. The molecule has 0 heterocycles. The molecule has 0 atom stereocenters. The summed E-state index contributed by atoms with van der Waals surface area (Å²) in [5.74, 6) is 0.609. The van der Waals surface area contributed by atoms with Crippen molar-refractivity contribution in [3.63, 3.8) is 0 Å². The predicted molar refractivity (Wildman–Crippen MR) is 137 cm³/mol. The van der Waals surface area contributed by atoms with E-state index < -0.39 is 35.0 Å². The minimum atomic E-state index is -4.92. The van der Waals surface area contributed by atoms with Crippen LogP contribution in [0.4, 0.5) is 32.0 Å². The van der Waals surface area contributed by atoms with Crippen molar-refractivity contribution >= 4 is 33.9 Å². The molecule has 212 valence electrons. The van der Waals surface area contributed by atoms with Crippen LogP contribution in [0, 0.1) is 0 Å². The molecular formula is C26H24BrF6NO5. The van der Waals surface area contributed by atoms with Crippen LogP contribution in [0.1, 0.15) is 38.8 Å². The third-order valence-electron chi connectivity index (χ3n) is 4.60. The number of methoxy groups -OCH3 is 2. The number of hydrogen-bond donors (Lipinski definition) is 2. The van der Waals surface area contributed by atoms with Crippen LogP contribution >= 0.6 is 15.9 Å². The van der Waals surface area contributed by atoms with Gasteiger partial charge in [0.05, 0.1) is 30.9 Å². The molecule has 0 aliphatic heterocycles. The molecule has 13 heteroatoms. The minimum Gasteiger partial charge on any atom is -0.493 e. The fraction of sp³-hybridized carbons (Fsp3) is 0.231. The molecule has 0 aliphatic carbocycles. The van der Waals surface area contributed by atoms with Gasteiger partial charge in [-0.15, -0.1) is 0 Å². The average Bonchev–Trinajstić information content (AvgIpc) is 2.88. The van der Waals surface area contributed by atoms with E-state index in [2.05, 4.69) is 28.2 Å². The molecule has 0 radical (unpaired) electrons. The first-order valence-corrected chi connectivity index (χ1v) is 11.6. The normalized spacial score (nSPS) is 10.7. The van der Waals surface area contributed by atoms with Gasteiger partial charge >= 0.3 is 18.3 Å². The number of nitrogens with one attached hydrogen (secondary N) is 1. The average molecular weight is 624 g/mol. The van der Waals surface area contributed by atoms with E-state index in [-0.39, 0.29) is 12.4 Å². The number of hydrogen-bond acceptors (Lipinski definition) is 5. The first-order valence-electron chi connectivity index (χ1n) is 10.9. The number of benzene rings is 3. The van der Waals surface area contributed by atoms with Gasteiger partial charge in [-0.05, 0) is 61.5 Å². The van der Waals surface area contributed by atoms with Gasteiger partial charge in [-0.2, -0.15) is 26.3 Å². The van der Waals surface area contributed by atoms with E-state index in [1.54, 1.807) is 38.5 Å². The van der Waals surface area contributed by atoms with Crippen molar-refractivity contribution in [2.24, 2.45) is 0 Å². The molecule has 3 aromatic carbocycles. The lowest BCUT2D eigenvalue weighted by Crippen LogP contribution is -2.11. The Hall–Kier alpha value is -3.74. The van der Waals surface area contributed by atoms with E-state index in [4.69, 9.17) is 14.6 Å². The summed E-state index contributed by atoms with van der Waals surface area (Å²) in [6.07, 6.45) is -9.90. The molecule has 0 aromatic heterocycles. The molecule has 0 unspecified atom stereocenters. The summed E-state index contributed by atoms with van der Waals surface area (Å²) in [6.45, 7) is 2.95. The Kier molecular flexibility index (Phi) is 12.8. The van der Waals surface area contributed by atoms with Crippen molar-refractivity contribution in [3.8, 4) is 11.5 Å². The number of halogens is 7. The Bertz CT molecular complexity index is 1200. The lowest BCUT2D eigenvalue weighted by Gasteiger charge is -2.12. The fourth-order valence-electron chi connectivity index (χ4n) is 2.79. The van der Waals surface area contributed by atoms with Gasteiger partial charge in [-0.25, -0.2) is 4.79 Å². The van der Waals surface area contributed by atoms with Gasteiger partial charge in [0.25, 0.3) is 0 Å². The van der Waals surface area contributed by atoms with E-state index in [0.717, 1.165) is 28.2 Å². The highest BCUT2D eigenvalue weighted by atomic mass is 79.9. The van der Waals surface area contributed by atoms with E-state index in [0.29, 0.717) is 17.7 Å². The van der Waals surface area contributed by atoms with Crippen LogP contribution in [-0.4, -0.2) is 38.1 Å². The summed E-state index contributed by atoms with van der Waals surface area (Å²) in [5, 5.41) is 11.7. The second-order valence-electron chi connectivity index (χ2n) is 7.37. The number of aldehydes is 1. The van der Waals surface area contributed by atoms with E-state index in [1.807, 2.05) is 18.2 Å². The van der Waals surface area contributed by atoms with Crippen LogP contribution in [0.5, 0.6) is 11.5 Å². The van der Waals surface area contributed by atoms with E-state index in [9.17, 15) is 35.9 Å². The molecule has 0 fully saturated rings. The van der Waals surface area contributed by atoms with Crippen molar-refractivity contribution in [2.75, 3.05) is 26.1 Å². The van der Waals surface area contributed by atoms with Crippen molar-refractivity contribution in [1.82, 2.24) is 0 Å². The van der Waals surface area contributed by atoms with Crippen LogP contribution in [0.2, 0.25) is 0 Å². The largest absolute Gasteiger partial charge is 0.493 e. The lowest BCUT2D eigenvalue weighted by molar-refractivity contribution is -0.143. The number of carboxylic acid groups (broad SMARTS) is 1. The van der Waals surface area contributed by atoms with Crippen LogP contribution in [0.3, 0.4) is 0 Å². The second kappa shape index (κ2) is 15.0. The van der Waals surface area contributed by atoms with Gasteiger partial charge in [0, 0.05) is 28.3 Å². The maximum atomic E-state index is 12.2. The Morgan fingerprint density at radius 3 is 1.77 bits per heavy atom. The zero-order valence-electron chi connectivity index (χ0n) is 20.8. The Balaban J connectivity index is 0.000000300. The maximum Gasteiger partial charge on any atom is 0.416 e. The maximum absolute atomic E-state index is 12.2. The third-order valence-corrected chi connectivity index (χ3v) is 5.13. The quantitative estimate of drug-likeness (QED) is 0.215. The molecule has 3 aromatic rings. The minimum absolute atomic E-state index is 0.0347. The number of carbonyl (C=O) groups is 2. The lowest BCUT2D eigenvalue weighted by atomic mass is 10.1. The highest BCUT2D eigenvalue weighted by Gasteiger charge is 2.36.